The summed E-state index contributed by atoms with van der Waals surface area (Å²) in [5.41, 5.74) is 2.13. The number of aromatic nitrogens is 1. The molecule has 3 heterocycles. The average molecular weight is 630 g/mol. The first-order chi connectivity index (χ1) is 19.9. The highest BCUT2D eigenvalue weighted by atomic mass is 79.9. The number of ether oxygens (including phenoxy) is 2. The standard InChI is InChI=1S/C32H25BrN2O5S/c1-4-39-31(37)27-18(2)34-32-35(29(27)28-23-8-6-5-7-19(23)11-15-25(28)38-3)30(36)26(41-32)17-22-14-16-24(40-22)20-9-12-21(33)13-10-20/h5-17,29H,4H2,1-3H3/b26-17-/t29-/m1/s1. The Labute approximate surface area is 247 Å². The van der Waals surface area contributed by atoms with Crippen molar-refractivity contribution in [2.45, 2.75) is 19.9 Å². The van der Waals surface area contributed by atoms with Gasteiger partial charge in [0.25, 0.3) is 5.56 Å². The van der Waals surface area contributed by atoms with Gasteiger partial charge in [-0.2, -0.15) is 0 Å². The molecule has 41 heavy (non-hydrogen) atoms. The first kappa shape index (κ1) is 27.0. The number of carbonyl (C=O) groups excluding carboxylic acids is 1. The Hall–Kier alpha value is -4.21. The van der Waals surface area contributed by atoms with Gasteiger partial charge >= 0.3 is 5.97 Å². The largest absolute Gasteiger partial charge is 0.496 e. The number of fused-ring (bicyclic) bond motifs is 2. The van der Waals surface area contributed by atoms with Crippen molar-refractivity contribution in [1.82, 2.24) is 4.57 Å². The maximum atomic E-state index is 14.1. The van der Waals surface area contributed by atoms with Crippen LogP contribution in [0.1, 0.15) is 31.2 Å². The number of halogens is 1. The molecule has 9 heteroatoms. The summed E-state index contributed by atoms with van der Waals surface area (Å²) in [6.45, 7) is 3.71. The SMILES string of the molecule is CCOC(=O)C1=C(C)N=c2s/c(=C\c3ccc(-c4ccc(Br)cc4)o3)c(=O)n2[C@H]1c1c(OC)ccc2ccccc12. The number of thiazole rings is 1. The van der Waals surface area contributed by atoms with Gasteiger partial charge in [-0.25, -0.2) is 9.79 Å². The van der Waals surface area contributed by atoms with E-state index in [4.69, 9.17) is 18.9 Å². The zero-order valence-corrected chi connectivity index (χ0v) is 24.9. The lowest BCUT2D eigenvalue weighted by atomic mass is 9.90. The zero-order chi connectivity index (χ0) is 28.7. The van der Waals surface area contributed by atoms with Crippen molar-refractivity contribution < 1.29 is 18.7 Å². The highest BCUT2D eigenvalue weighted by Crippen LogP contribution is 2.40. The number of rotatable bonds is 6. The van der Waals surface area contributed by atoms with Crippen molar-refractivity contribution in [3.63, 3.8) is 0 Å². The fourth-order valence-electron chi connectivity index (χ4n) is 5.13. The summed E-state index contributed by atoms with van der Waals surface area (Å²) in [5.74, 6) is 1.27. The van der Waals surface area contributed by atoms with Gasteiger partial charge in [-0.15, -0.1) is 0 Å². The summed E-state index contributed by atoms with van der Waals surface area (Å²) in [6, 6.07) is 22.4. The van der Waals surface area contributed by atoms with Crippen LogP contribution in [-0.4, -0.2) is 24.3 Å². The molecule has 206 valence electrons. The number of carbonyl (C=O) groups is 1. The molecular weight excluding hydrogens is 604 g/mol. The van der Waals surface area contributed by atoms with Crippen LogP contribution in [-0.2, 0) is 9.53 Å². The number of hydrogen-bond donors (Lipinski definition) is 0. The second-order valence-electron chi connectivity index (χ2n) is 9.41. The molecule has 0 N–H and O–H groups in total. The van der Waals surface area contributed by atoms with E-state index in [1.165, 1.54) is 11.3 Å². The van der Waals surface area contributed by atoms with E-state index in [1.54, 1.807) is 31.6 Å². The molecule has 7 nitrogen and oxygen atoms in total. The Morgan fingerprint density at radius 1 is 1.10 bits per heavy atom. The summed E-state index contributed by atoms with van der Waals surface area (Å²) in [6.07, 6.45) is 1.72. The van der Waals surface area contributed by atoms with E-state index in [0.29, 0.717) is 43.4 Å². The van der Waals surface area contributed by atoms with Crippen molar-refractivity contribution in [3.8, 4) is 17.1 Å². The summed E-state index contributed by atoms with van der Waals surface area (Å²) in [7, 11) is 1.58. The minimum atomic E-state index is -0.802. The van der Waals surface area contributed by atoms with Gasteiger partial charge in [-0.1, -0.05) is 69.7 Å². The van der Waals surface area contributed by atoms with E-state index in [2.05, 4.69) is 15.9 Å². The normalized spacial score (nSPS) is 15.1. The van der Waals surface area contributed by atoms with Gasteiger partial charge in [-0.3, -0.25) is 9.36 Å². The van der Waals surface area contributed by atoms with Gasteiger partial charge in [0, 0.05) is 21.7 Å². The Morgan fingerprint density at radius 3 is 2.63 bits per heavy atom. The number of benzene rings is 3. The number of furan rings is 1. The summed E-state index contributed by atoms with van der Waals surface area (Å²) in [5, 5.41) is 1.83. The molecule has 1 atom stereocenters. The second kappa shape index (κ2) is 11.0. The third kappa shape index (κ3) is 4.85. The lowest BCUT2D eigenvalue weighted by Gasteiger charge is -2.27. The molecule has 5 aromatic rings. The molecule has 0 fully saturated rings. The number of hydrogen-bond acceptors (Lipinski definition) is 7. The molecule has 0 amide bonds. The fourth-order valence-corrected chi connectivity index (χ4v) is 6.42. The minimum Gasteiger partial charge on any atom is -0.496 e. The van der Waals surface area contributed by atoms with Gasteiger partial charge in [0.1, 0.15) is 23.3 Å². The highest BCUT2D eigenvalue weighted by molar-refractivity contribution is 9.10. The lowest BCUT2D eigenvalue weighted by Crippen LogP contribution is -2.40. The van der Waals surface area contributed by atoms with E-state index in [-0.39, 0.29) is 12.2 Å². The first-order valence-electron chi connectivity index (χ1n) is 13.0. The van der Waals surface area contributed by atoms with Crippen molar-refractivity contribution in [3.05, 3.63) is 120 Å². The van der Waals surface area contributed by atoms with Crippen LogP contribution in [0, 0.1) is 0 Å². The number of allylic oxidation sites excluding steroid dienone is 1. The van der Waals surface area contributed by atoms with E-state index in [1.807, 2.05) is 72.8 Å². The zero-order valence-electron chi connectivity index (χ0n) is 22.5. The number of nitrogens with zero attached hydrogens (tertiary/aromatic N) is 2. The Kier molecular flexibility index (Phi) is 7.23. The van der Waals surface area contributed by atoms with Gasteiger partial charge < -0.3 is 13.9 Å². The highest BCUT2D eigenvalue weighted by Gasteiger charge is 2.36. The van der Waals surface area contributed by atoms with Gasteiger partial charge in [0.05, 0.1) is 29.5 Å². The Balaban J connectivity index is 1.57. The summed E-state index contributed by atoms with van der Waals surface area (Å²) >= 11 is 4.70. The third-order valence-corrected chi connectivity index (χ3v) is 8.48. The minimum absolute atomic E-state index is 0.193. The monoisotopic (exact) mass is 628 g/mol. The van der Waals surface area contributed by atoms with E-state index in [9.17, 15) is 9.59 Å². The predicted molar refractivity (Wildman–Crippen MR) is 163 cm³/mol. The van der Waals surface area contributed by atoms with Crippen molar-refractivity contribution >= 4 is 50.1 Å². The topological polar surface area (TPSA) is 83.0 Å². The molecule has 6 rings (SSSR count). The quantitative estimate of drug-likeness (QED) is 0.216. The molecule has 0 aliphatic carbocycles. The van der Waals surface area contributed by atoms with E-state index >= 15 is 0 Å². The van der Waals surface area contributed by atoms with Crippen LogP contribution in [0.25, 0.3) is 28.2 Å². The molecule has 1 aliphatic heterocycles. The van der Waals surface area contributed by atoms with E-state index < -0.39 is 12.0 Å². The molecule has 0 radical (unpaired) electrons. The van der Waals surface area contributed by atoms with Gasteiger partial charge in [-0.05, 0) is 55.0 Å². The van der Waals surface area contributed by atoms with Gasteiger partial charge in [0.15, 0.2) is 4.80 Å². The molecule has 0 bridgehead atoms. The van der Waals surface area contributed by atoms with Crippen LogP contribution in [0.5, 0.6) is 5.75 Å². The first-order valence-corrected chi connectivity index (χ1v) is 14.6. The summed E-state index contributed by atoms with van der Waals surface area (Å²) in [4.78, 5) is 32.7. The maximum Gasteiger partial charge on any atom is 0.338 e. The summed E-state index contributed by atoms with van der Waals surface area (Å²) < 4.78 is 20.3. The van der Waals surface area contributed by atoms with Crippen LogP contribution >= 0.6 is 27.3 Å². The molecule has 0 spiro atoms. The lowest BCUT2D eigenvalue weighted by molar-refractivity contribution is -0.139. The Morgan fingerprint density at radius 2 is 1.88 bits per heavy atom. The molecule has 0 saturated heterocycles. The average Bonchev–Trinajstić information content (AvgIpc) is 3.56. The number of esters is 1. The van der Waals surface area contributed by atoms with Crippen LogP contribution in [0.3, 0.4) is 0 Å². The van der Waals surface area contributed by atoms with Crippen LogP contribution in [0.4, 0.5) is 0 Å². The molecule has 0 unspecified atom stereocenters. The molecule has 0 saturated carbocycles. The maximum absolute atomic E-state index is 14.1. The van der Waals surface area contributed by atoms with Crippen molar-refractivity contribution in [1.29, 1.82) is 0 Å². The predicted octanol–water partition coefficient (Wildman–Crippen LogP) is 5.98. The molecular formula is C32H25BrN2O5S. The molecule has 2 aromatic heterocycles. The molecule has 1 aliphatic rings. The number of methoxy groups -OCH3 is 1. The Bertz CT molecular complexity index is 2020. The fraction of sp³-hybridized carbons (Fsp3) is 0.156. The van der Waals surface area contributed by atoms with Crippen molar-refractivity contribution in [2.24, 2.45) is 4.99 Å². The van der Waals surface area contributed by atoms with Crippen LogP contribution in [0.2, 0.25) is 0 Å². The van der Waals surface area contributed by atoms with Crippen molar-refractivity contribution in [2.75, 3.05) is 13.7 Å². The molecule has 3 aromatic carbocycles. The third-order valence-electron chi connectivity index (χ3n) is 6.97. The second-order valence-corrected chi connectivity index (χ2v) is 11.3. The van der Waals surface area contributed by atoms with Crippen LogP contribution < -0.4 is 19.6 Å². The smallest absolute Gasteiger partial charge is 0.338 e. The van der Waals surface area contributed by atoms with Gasteiger partial charge in [0.2, 0.25) is 0 Å². The van der Waals surface area contributed by atoms with E-state index in [0.717, 1.165) is 20.8 Å². The van der Waals surface area contributed by atoms with Crippen LogP contribution in [0.15, 0.2) is 103 Å².